The average molecular weight is 286 g/mol. The summed E-state index contributed by atoms with van der Waals surface area (Å²) < 4.78 is 4.63. The molecule has 0 saturated heterocycles. The Morgan fingerprint density at radius 1 is 0.737 bits per heavy atom. The Labute approximate surface area is 122 Å². The Kier molecular flexibility index (Phi) is 3.08. The molecule has 0 atom stereocenters. The first-order valence-corrected chi connectivity index (χ1v) is 8.98. The molecular formula is C17H18S2. The van der Waals surface area contributed by atoms with Gasteiger partial charge in [0, 0.05) is 19.7 Å². The lowest BCUT2D eigenvalue weighted by Gasteiger charge is -2.00. The van der Waals surface area contributed by atoms with E-state index in [-0.39, 0.29) is 0 Å². The molecular weight excluding hydrogens is 268 g/mol. The van der Waals surface area contributed by atoms with E-state index in [1.807, 2.05) is 11.3 Å². The second kappa shape index (κ2) is 4.92. The van der Waals surface area contributed by atoms with Crippen molar-refractivity contribution in [3.8, 4) is 0 Å². The van der Waals surface area contributed by atoms with Gasteiger partial charge in [0.25, 0.3) is 0 Å². The van der Waals surface area contributed by atoms with E-state index < -0.39 is 0 Å². The zero-order chi connectivity index (χ0) is 12.7. The highest BCUT2D eigenvalue weighted by Crippen LogP contribution is 2.44. The van der Waals surface area contributed by atoms with Crippen molar-refractivity contribution in [2.75, 3.05) is 0 Å². The van der Waals surface area contributed by atoms with Crippen LogP contribution in [-0.4, -0.2) is 0 Å². The van der Waals surface area contributed by atoms with E-state index in [1.54, 1.807) is 19.8 Å². The van der Waals surface area contributed by atoms with Crippen molar-refractivity contribution in [2.45, 2.75) is 44.9 Å². The van der Waals surface area contributed by atoms with Crippen molar-refractivity contribution in [3.05, 3.63) is 34.7 Å². The van der Waals surface area contributed by atoms with E-state index in [9.17, 15) is 0 Å². The van der Waals surface area contributed by atoms with E-state index in [0.717, 1.165) is 0 Å². The van der Waals surface area contributed by atoms with E-state index >= 15 is 0 Å². The Morgan fingerprint density at radius 3 is 2.47 bits per heavy atom. The number of benzene rings is 1. The van der Waals surface area contributed by atoms with Crippen molar-refractivity contribution in [1.82, 2.24) is 0 Å². The first kappa shape index (κ1) is 11.9. The van der Waals surface area contributed by atoms with Crippen LogP contribution in [0.25, 0.3) is 19.5 Å². The smallest absolute Gasteiger partial charge is 0.0535 e. The number of hydrogen-bond donors (Lipinski definition) is 0. The number of thiophene rings is 2. The fraction of sp³-hybridized carbons (Fsp3) is 0.412. The third kappa shape index (κ3) is 2.02. The SMILES string of the molecule is c1ccc2c(c1)sc1c3c(sc12)CCCCCCC3. The van der Waals surface area contributed by atoms with Gasteiger partial charge in [-0.25, -0.2) is 0 Å². The fourth-order valence-corrected chi connectivity index (χ4v) is 6.11. The summed E-state index contributed by atoms with van der Waals surface area (Å²) in [5.41, 5.74) is 1.70. The third-order valence-electron chi connectivity index (χ3n) is 4.22. The molecule has 0 amide bonds. The molecule has 0 radical (unpaired) electrons. The summed E-state index contributed by atoms with van der Waals surface area (Å²) >= 11 is 4.09. The predicted molar refractivity (Wildman–Crippen MR) is 87.7 cm³/mol. The van der Waals surface area contributed by atoms with Gasteiger partial charge in [0.2, 0.25) is 0 Å². The predicted octanol–water partition coefficient (Wildman–Crippen LogP) is 6.17. The van der Waals surface area contributed by atoms with Crippen LogP contribution in [0.2, 0.25) is 0 Å². The van der Waals surface area contributed by atoms with E-state index in [2.05, 4.69) is 35.6 Å². The Hall–Kier alpha value is -0.860. The standard InChI is InChI=1S/C17H18S2/c1-2-4-8-12-14(10-5-3-1)18-17-13-9-6-7-11-15(13)19-16(12)17/h6-7,9,11H,1-5,8,10H2. The van der Waals surface area contributed by atoms with Crippen molar-refractivity contribution < 1.29 is 0 Å². The summed E-state index contributed by atoms with van der Waals surface area (Å²) in [5, 5.41) is 1.48. The van der Waals surface area contributed by atoms with E-state index in [0.29, 0.717) is 0 Å². The molecule has 1 aromatic carbocycles. The van der Waals surface area contributed by atoms with Gasteiger partial charge in [-0.2, -0.15) is 0 Å². The highest BCUT2D eigenvalue weighted by atomic mass is 32.1. The van der Waals surface area contributed by atoms with Crippen LogP contribution in [-0.2, 0) is 12.8 Å². The molecule has 0 bridgehead atoms. The van der Waals surface area contributed by atoms with Crippen LogP contribution in [0.1, 0.15) is 42.5 Å². The van der Waals surface area contributed by atoms with Crippen LogP contribution in [0.3, 0.4) is 0 Å². The molecule has 3 aromatic rings. The van der Waals surface area contributed by atoms with Gasteiger partial charge < -0.3 is 0 Å². The Balaban J connectivity index is 1.93. The molecule has 2 heterocycles. The molecule has 2 heteroatoms. The average Bonchev–Trinajstić information content (AvgIpc) is 2.96. The van der Waals surface area contributed by atoms with Gasteiger partial charge in [0.05, 0.1) is 4.70 Å². The van der Waals surface area contributed by atoms with Crippen LogP contribution >= 0.6 is 22.7 Å². The summed E-state index contributed by atoms with van der Waals surface area (Å²) in [5.74, 6) is 0. The van der Waals surface area contributed by atoms with Crippen molar-refractivity contribution in [1.29, 1.82) is 0 Å². The van der Waals surface area contributed by atoms with Gasteiger partial charge in [-0.05, 0) is 37.3 Å². The molecule has 1 aliphatic carbocycles. The van der Waals surface area contributed by atoms with Gasteiger partial charge >= 0.3 is 0 Å². The summed E-state index contributed by atoms with van der Waals surface area (Å²) in [6.45, 7) is 0. The fourth-order valence-electron chi connectivity index (χ4n) is 3.21. The third-order valence-corrected chi connectivity index (χ3v) is 6.90. The summed E-state index contributed by atoms with van der Waals surface area (Å²) in [6, 6.07) is 8.91. The van der Waals surface area contributed by atoms with E-state index in [4.69, 9.17) is 0 Å². The van der Waals surface area contributed by atoms with Crippen LogP contribution < -0.4 is 0 Å². The summed E-state index contributed by atoms with van der Waals surface area (Å²) in [7, 11) is 0. The highest BCUT2D eigenvalue weighted by molar-refractivity contribution is 7.33. The summed E-state index contributed by atoms with van der Waals surface area (Å²) in [6.07, 6.45) is 9.67. The Morgan fingerprint density at radius 2 is 1.53 bits per heavy atom. The molecule has 4 rings (SSSR count). The van der Waals surface area contributed by atoms with Crippen LogP contribution in [0, 0.1) is 0 Å². The lowest BCUT2D eigenvalue weighted by Crippen LogP contribution is -1.87. The molecule has 2 aromatic heterocycles. The van der Waals surface area contributed by atoms with Gasteiger partial charge in [-0.1, -0.05) is 37.5 Å². The first-order valence-electron chi connectivity index (χ1n) is 7.35. The van der Waals surface area contributed by atoms with Gasteiger partial charge in [-0.15, -0.1) is 22.7 Å². The molecule has 19 heavy (non-hydrogen) atoms. The van der Waals surface area contributed by atoms with Crippen LogP contribution in [0.5, 0.6) is 0 Å². The lowest BCUT2D eigenvalue weighted by atomic mass is 10.1. The number of rotatable bonds is 0. The van der Waals surface area contributed by atoms with Gasteiger partial charge in [0.1, 0.15) is 0 Å². The molecule has 1 aliphatic rings. The quantitative estimate of drug-likeness (QED) is 0.464. The number of aryl methyl sites for hydroxylation is 2. The zero-order valence-electron chi connectivity index (χ0n) is 11.1. The van der Waals surface area contributed by atoms with Crippen molar-refractivity contribution >= 4 is 42.2 Å². The van der Waals surface area contributed by atoms with E-state index in [1.165, 1.54) is 55.0 Å². The lowest BCUT2D eigenvalue weighted by molar-refractivity contribution is 0.630. The second-order valence-corrected chi connectivity index (χ2v) is 7.69. The monoisotopic (exact) mass is 286 g/mol. The molecule has 0 aliphatic heterocycles. The molecule has 98 valence electrons. The van der Waals surface area contributed by atoms with Crippen LogP contribution in [0.4, 0.5) is 0 Å². The molecule has 0 nitrogen and oxygen atoms in total. The topological polar surface area (TPSA) is 0 Å². The van der Waals surface area contributed by atoms with Crippen LogP contribution in [0.15, 0.2) is 24.3 Å². The van der Waals surface area contributed by atoms with Gasteiger partial charge in [0.15, 0.2) is 0 Å². The Bertz CT molecular complexity index is 717. The maximum atomic E-state index is 2.30. The molecule has 0 fully saturated rings. The molecule has 0 saturated carbocycles. The van der Waals surface area contributed by atoms with Gasteiger partial charge in [-0.3, -0.25) is 0 Å². The maximum absolute atomic E-state index is 2.30. The molecule has 0 N–H and O–H groups in total. The van der Waals surface area contributed by atoms with Crippen molar-refractivity contribution in [2.24, 2.45) is 0 Å². The normalized spacial score (nSPS) is 17.1. The zero-order valence-corrected chi connectivity index (χ0v) is 12.7. The minimum Gasteiger partial charge on any atom is -0.138 e. The maximum Gasteiger partial charge on any atom is 0.0535 e. The summed E-state index contributed by atoms with van der Waals surface area (Å²) in [4.78, 5) is 1.69. The number of fused-ring (bicyclic) bond motifs is 5. The minimum absolute atomic E-state index is 1.31. The largest absolute Gasteiger partial charge is 0.138 e. The minimum atomic E-state index is 1.31. The second-order valence-electron chi connectivity index (χ2n) is 5.53. The number of hydrogen-bond acceptors (Lipinski definition) is 2. The first-order chi connectivity index (χ1) is 9.43. The molecule has 0 spiro atoms. The van der Waals surface area contributed by atoms with Crippen molar-refractivity contribution in [3.63, 3.8) is 0 Å². The molecule has 0 unspecified atom stereocenters. The highest BCUT2D eigenvalue weighted by Gasteiger charge is 2.17.